The Bertz CT molecular complexity index is 286. The number of nitrogens with zero attached hydrogens (tertiary/aromatic N) is 1. The van der Waals surface area contributed by atoms with Crippen LogP contribution in [0.5, 0.6) is 5.75 Å². The van der Waals surface area contributed by atoms with E-state index in [1.54, 1.807) is 25.6 Å². The summed E-state index contributed by atoms with van der Waals surface area (Å²) in [6.07, 6.45) is 3.13. The molecule has 0 aromatic carbocycles. The molecule has 1 heterocycles. The van der Waals surface area contributed by atoms with E-state index in [2.05, 4.69) is 10.3 Å². The maximum atomic E-state index is 10.6. The first-order valence-corrected chi connectivity index (χ1v) is 3.49. The van der Waals surface area contributed by atoms with Gasteiger partial charge in [0.05, 0.1) is 25.2 Å². The minimum atomic E-state index is -0.120. The van der Waals surface area contributed by atoms with Crippen LogP contribution in [-0.2, 0) is 4.79 Å². The van der Waals surface area contributed by atoms with Crippen molar-refractivity contribution in [3.8, 4) is 5.75 Å². The average molecular weight is 166 g/mol. The first-order valence-electron chi connectivity index (χ1n) is 3.49. The van der Waals surface area contributed by atoms with Crippen molar-refractivity contribution < 1.29 is 9.53 Å². The van der Waals surface area contributed by atoms with Gasteiger partial charge in [0, 0.05) is 13.0 Å². The second kappa shape index (κ2) is 3.71. The number of amides is 1. The maximum Gasteiger partial charge on any atom is 0.221 e. The van der Waals surface area contributed by atoms with Crippen LogP contribution in [-0.4, -0.2) is 18.0 Å². The Morgan fingerprint density at radius 2 is 2.33 bits per heavy atom. The van der Waals surface area contributed by atoms with Gasteiger partial charge in [0.1, 0.15) is 5.75 Å². The van der Waals surface area contributed by atoms with Gasteiger partial charge in [0.2, 0.25) is 5.91 Å². The van der Waals surface area contributed by atoms with Gasteiger partial charge in [-0.05, 0) is 0 Å². The topological polar surface area (TPSA) is 51.2 Å². The Balaban J connectivity index is 2.79. The molecule has 1 amide bonds. The van der Waals surface area contributed by atoms with Crippen LogP contribution in [0.3, 0.4) is 0 Å². The molecule has 0 radical (unpaired) electrons. The summed E-state index contributed by atoms with van der Waals surface area (Å²) < 4.78 is 4.92. The highest BCUT2D eigenvalue weighted by Crippen LogP contribution is 2.13. The third-order valence-corrected chi connectivity index (χ3v) is 1.27. The molecule has 64 valence electrons. The highest BCUT2D eigenvalue weighted by molar-refractivity contribution is 5.88. The summed E-state index contributed by atoms with van der Waals surface area (Å²) in [5.74, 6) is 0.506. The first-order chi connectivity index (χ1) is 5.72. The summed E-state index contributed by atoms with van der Waals surface area (Å²) in [5.41, 5.74) is 0.641. The molecule has 0 bridgehead atoms. The summed E-state index contributed by atoms with van der Waals surface area (Å²) in [6.45, 7) is 1.44. The van der Waals surface area contributed by atoms with Crippen LogP contribution < -0.4 is 10.1 Å². The molecule has 4 heteroatoms. The minimum Gasteiger partial charge on any atom is -0.495 e. The van der Waals surface area contributed by atoms with Crippen molar-refractivity contribution in [1.29, 1.82) is 0 Å². The number of hydrogen-bond acceptors (Lipinski definition) is 3. The second-order valence-corrected chi connectivity index (χ2v) is 2.29. The predicted octanol–water partition coefficient (Wildman–Crippen LogP) is 1.05. The smallest absolute Gasteiger partial charge is 0.221 e. The molecular formula is C8H10N2O2. The second-order valence-electron chi connectivity index (χ2n) is 2.29. The quantitative estimate of drug-likeness (QED) is 0.714. The van der Waals surface area contributed by atoms with Crippen LogP contribution in [0, 0.1) is 0 Å². The molecular weight excluding hydrogens is 156 g/mol. The summed E-state index contributed by atoms with van der Waals surface area (Å²) in [5, 5.41) is 2.60. The molecule has 0 aliphatic carbocycles. The molecule has 0 aliphatic rings. The third kappa shape index (κ3) is 2.23. The SMILES string of the molecule is COc1cncc(NC(C)=O)c1. The van der Waals surface area contributed by atoms with E-state index in [0.717, 1.165) is 0 Å². The van der Waals surface area contributed by atoms with Crippen LogP contribution >= 0.6 is 0 Å². The molecule has 0 unspecified atom stereocenters. The van der Waals surface area contributed by atoms with E-state index in [1.165, 1.54) is 6.92 Å². The summed E-state index contributed by atoms with van der Waals surface area (Å²) >= 11 is 0. The van der Waals surface area contributed by atoms with Gasteiger partial charge in [-0.2, -0.15) is 0 Å². The highest BCUT2D eigenvalue weighted by Gasteiger charge is 1.97. The average Bonchev–Trinajstić information content (AvgIpc) is 2.03. The number of ether oxygens (including phenoxy) is 1. The Labute approximate surface area is 70.6 Å². The van der Waals surface area contributed by atoms with Gasteiger partial charge in [0.25, 0.3) is 0 Å². The van der Waals surface area contributed by atoms with E-state index in [0.29, 0.717) is 11.4 Å². The van der Waals surface area contributed by atoms with E-state index in [1.807, 2.05) is 0 Å². The maximum absolute atomic E-state index is 10.6. The van der Waals surface area contributed by atoms with Crippen LogP contribution in [0.25, 0.3) is 0 Å². The number of aromatic nitrogens is 1. The Morgan fingerprint density at radius 1 is 1.58 bits per heavy atom. The number of nitrogens with one attached hydrogen (secondary N) is 1. The van der Waals surface area contributed by atoms with Crippen molar-refractivity contribution in [2.24, 2.45) is 0 Å². The van der Waals surface area contributed by atoms with Crippen molar-refractivity contribution >= 4 is 11.6 Å². The molecule has 0 atom stereocenters. The minimum absolute atomic E-state index is 0.120. The molecule has 1 rings (SSSR count). The van der Waals surface area contributed by atoms with Crippen molar-refractivity contribution in [3.63, 3.8) is 0 Å². The molecule has 0 fully saturated rings. The van der Waals surface area contributed by atoms with Crippen LogP contribution in [0.4, 0.5) is 5.69 Å². The van der Waals surface area contributed by atoms with Gasteiger partial charge in [0.15, 0.2) is 0 Å². The number of carbonyl (C=O) groups excluding carboxylic acids is 1. The summed E-state index contributed by atoms with van der Waals surface area (Å²) in [7, 11) is 1.55. The Hall–Kier alpha value is -1.58. The lowest BCUT2D eigenvalue weighted by Gasteiger charge is -2.02. The number of anilines is 1. The van der Waals surface area contributed by atoms with Gasteiger partial charge >= 0.3 is 0 Å². The van der Waals surface area contributed by atoms with E-state index in [-0.39, 0.29) is 5.91 Å². The number of hydrogen-bond donors (Lipinski definition) is 1. The van der Waals surface area contributed by atoms with Crippen molar-refractivity contribution in [3.05, 3.63) is 18.5 Å². The molecule has 4 nitrogen and oxygen atoms in total. The van der Waals surface area contributed by atoms with Gasteiger partial charge in [-0.15, -0.1) is 0 Å². The largest absolute Gasteiger partial charge is 0.495 e. The first kappa shape index (κ1) is 8.52. The Kier molecular flexibility index (Phi) is 2.63. The van der Waals surface area contributed by atoms with E-state index < -0.39 is 0 Å². The molecule has 1 aromatic rings. The zero-order chi connectivity index (χ0) is 8.97. The van der Waals surface area contributed by atoms with Crippen LogP contribution in [0.1, 0.15) is 6.92 Å². The number of methoxy groups -OCH3 is 1. The zero-order valence-corrected chi connectivity index (χ0v) is 7.00. The van der Waals surface area contributed by atoms with Gasteiger partial charge in [-0.3, -0.25) is 9.78 Å². The molecule has 0 saturated carbocycles. The molecule has 0 saturated heterocycles. The Morgan fingerprint density at radius 3 is 2.92 bits per heavy atom. The lowest BCUT2D eigenvalue weighted by atomic mass is 10.4. The van der Waals surface area contributed by atoms with Crippen LogP contribution in [0.2, 0.25) is 0 Å². The number of rotatable bonds is 2. The fourth-order valence-corrected chi connectivity index (χ4v) is 0.802. The van der Waals surface area contributed by atoms with Gasteiger partial charge < -0.3 is 10.1 Å². The normalized spacial score (nSPS) is 9.17. The summed E-state index contributed by atoms with van der Waals surface area (Å²) in [6, 6.07) is 1.70. The zero-order valence-electron chi connectivity index (χ0n) is 7.00. The van der Waals surface area contributed by atoms with E-state index >= 15 is 0 Å². The standard InChI is InChI=1S/C8H10N2O2/c1-6(11)10-7-3-8(12-2)5-9-4-7/h3-5H,1-2H3,(H,10,11). The van der Waals surface area contributed by atoms with Crippen molar-refractivity contribution in [2.75, 3.05) is 12.4 Å². The fourth-order valence-electron chi connectivity index (χ4n) is 0.802. The van der Waals surface area contributed by atoms with Gasteiger partial charge in [-0.25, -0.2) is 0 Å². The van der Waals surface area contributed by atoms with Crippen molar-refractivity contribution in [2.45, 2.75) is 6.92 Å². The van der Waals surface area contributed by atoms with Crippen molar-refractivity contribution in [1.82, 2.24) is 4.98 Å². The van der Waals surface area contributed by atoms with E-state index in [9.17, 15) is 4.79 Å². The van der Waals surface area contributed by atoms with E-state index in [4.69, 9.17) is 4.74 Å². The lowest BCUT2D eigenvalue weighted by molar-refractivity contribution is -0.114. The highest BCUT2D eigenvalue weighted by atomic mass is 16.5. The third-order valence-electron chi connectivity index (χ3n) is 1.27. The molecule has 1 N–H and O–H groups in total. The molecule has 0 aliphatic heterocycles. The lowest BCUT2D eigenvalue weighted by Crippen LogP contribution is -2.05. The molecule has 1 aromatic heterocycles. The summed E-state index contributed by atoms with van der Waals surface area (Å²) in [4.78, 5) is 14.5. The number of pyridine rings is 1. The van der Waals surface area contributed by atoms with Gasteiger partial charge in [-0.1, -0.05) is 0 Å². The monoisotopic (exact) mass is 166 g/mol. The van der Waals surface area contributed by atoms with Crippen LogP contribution in [0.15, 0.2) is 18.5 Å². The fraction of sp³-hybridized carbons (Fsp3) is 0.250. The molecule has 0 spiro atoms. The predicted molar refractivity (Wildman–Crippen MR) is 45.1 cm³/mol. The number of carbonyl (C=O) groups is 1. The molecule has 12 heavy (non-hydrogen) atoms.